The average Bonchev–Trinajstić information content (AvgIpc) is 3.01. The van der Waals surface area contributed by atoms with E-state index in [2.05, 4.69) is 33.1 Å². The predicted molar refractivity (Wildman–Crippen MR) is 111 cm³/mol. The van der Waals surface area contributed by atoms with Gasteiger partial charge in [-0.3, -0.25) is 15.5 Å². The lowest BCUT2D eigenvalue weighted by atomic mass is 10.1. The van der Waals surface area contributed by atoms with Gasteiger partial charge in [0.05, 0.1) is 0 Å². The third-order valence-electron chi connectivity index (χ3n) is 3.76. The fourth-order valence-electron chi connectivity index (χ4n) is 2.30. The highest BCUT2D eigenvalue weighted by atomic mass is 32.2. The zero-order valence-corrected chi connectivity index (χ0v) is 16.6. The van der Waals surface area contributed by atoms with Crippen molar-refractivity contribution in [3.63, 3.8) is 0 Å². The van der Waals surface area contributed by atoms with Gasteiger partial charge >= 0.3 is 0 Å². The lowest BCUT2D eigenvalue weighted by Gasteiger charge is -2.13. The van der Waals surface area contributed by atoms with Gasteiger partial charge in [-0.1, -0.05) is 59.8 Å². The Morgan fingerprint density at radius 1 is 1.07 bits per heavy atom. The summed E-state index contributed by atoms with van der Waals surface area (Å²) in [5.74, 6) is 1.14. The largest absolute Gasteiger partial charge is 0.298 e. The van der Waals surface area contributed by atoms with Crippen molar-refractivity contribution < 1.29 is 4.79 Å². The molecular weight excluding hydrogens is 378 g/mol. The van der Waals surface area contributed by atoms with Crippen molar-refractivity contribution in [2.45, 2.75) is 24.8 Å². The molecule has 3 rings (SSSR count). The maximum absolute atomic E-state index is 12.3. The molecule has 0 spiro atoms. The molecule has 2 aromatic carbocycles. The minimum absolute atomic E-state index is 0.185. The maximum atomic E-state index is 12.3. The van der Waals surface area contributed by atoms with Crippen LogP contribution < -0.4 is 10.7 Å². The third-order valence-corrected chi connectivity index (χ3v) is 4.95. The number of benzene rings is 2. The number of aromatic nitrogens is 3. The molecule has 0 aliphatic rings. The highest BCUT2D eigenvalue weighted by Crippen LogP contribution is 2.20. The summed E-state index contributed by atoms with van der Waals surface area (Å²) in [4.78, 5) is 12.3. The summed E-state index contributed by atoms with van der Waals surface area (Å²) in [6, 6.07) is 17.4. The first kappa shape index (κ1) is 19.1. The topological polar surface area (TPSA) is 71.8 Å². The van der Waals surface area contributed by atoms with E-state index in [1.807, 2.05) is 44.2 Å². The van der Waals surface area contributed by atoms with Crippen LogP contribution in [0.15, 0.2) is 59.8 Å². The SMILES string of the molecule is Cc1ccc(C(=O)NC(=S)Nn2c(C)nnc2SCc2ccccc2)cc1. The first-order valence-corrected chi connectivity index (χ1v) is 9.70. The molecule has 1 amide bonds. The Labute approximate surface area is 167 Å². The van der Waals surface area contributed by atoms with Gasteiger partial charge in [-0.05, 0) is 43.8 Å². The minimum atomic E-state index is -0.267. The number of nitrogens with one attached hydrogen (secondary N) is 2. The molecule has 0 atom stereocenters. The molecule has 0 fully saturated rings. The van der Waals surface area contributed by atoms with Crippen LogP contribution in [-0.2, 0) is 5.75 Å². The number of aryl methyl sites for hydroxylation is 2. The number of thioether (sulfide) groups is 1. The number of hydrogen-bond acceptors (Lipinski definition) is 5. The van der Waals surface area contributed by atoms with Crippen LogP contribution in [-0.4, -0.2) is 25.9 Å². The number of hydrogen-bond donors (Lipinski definition) is 2. The second-order valence-electron chi connectivity index (χ2n) is 5.90. The summed E-state index contributed by atoms with van der Waals surface area (Å²) >= 11 is 6.81. The third kappa shape index (κ3) is 5.15. The molecule has 3 aromatic rings. The zero-order chi connectivity index (χ0) is 19.2. The fourth-order valence-corrected chi connectivity index (χ4v) is 3.37. The van der Waals surface area contributed by atoms with Gasteiger partial charge in [-0.2, -0.15) is 0 Å². The van der Waals surface area contributed by atoms with Crippen molar-refractivity contribution in [3.05, 3.63) is 77.1 Å². The number of carbonyl (C=O) groups is 1. The van der Waals surface area contributed by atoms with Crippen molar-refractivity contribution in [1.82, 2.24) is 20.2 Å². The summed E-state index contributed by atoms with van der Waals surface area (Å²) in [5, 5.41) is 11.8. The molecule has 0 radical (unpaired) electrons. The van der Waals surface area contributed by atoms with Crippen molar-refractivity contribution in [3.8, 4) is 0 Å². The molecule has 2 N–H and O–H groups in total. The van der Waals surface area contributed by atoms with Gasteiger partial charge < -0.3 is 0 Å². The first-order chi connectivity index (χ1) is 13.0. The first-order valence-electron chi connectivity index (χ1n) is 8.30. The van der Waals surface area contributed by atoms with Gasteiger partial charge in [0.1, 0.15) is 5.82 Å². The second-order valence-corrected chi connectivity index (χ2v) is 7.25. The Balaban J connectivity index is 1.62. The van der Waals surface area contributed by atoms with Crippen molar-refractivity contribution in [2.24, 2.45) is 0 Å². The predicted octanol–water partition coefficient (Wildman–Crippen LogP) is 3.45. The quantitative estimate of drug-likeness (QED) is 0.508. The maximum Gasteiger partial charge on any atom is 0.257 e. The van der Waals surface area contributed by atoms with Crippen LogP contribution in [0.25, 0.3) is 0 Å². The Hall–Kier alpha value is -2.71. The van der Waals surface area contributed by atoms with Crippen LogP contribution in [0.4, 0.5) is 0 Å². The van der Waals surface area contributed by atoms with Gasteiger partial charge in [0.2, 0.25) is 5.16 Å². The normalized spacial score (nSPS) is 10.4. The number of nitrogens with zero attached hydrogens (tertiary/aromatic N) is 3. The van der Waals surface area contributed by atoms with Gasteiger partial charge in [-0.15, -0.1) is 10.2 Å². The number of amides is 1. The Morgan fingerprint density at radius 3 is 2.48 bits per heavy atom. The van der Waals surface area contributed by atoms with Gasteiger partial charge in [0.25, 0.3) is 5.91 Å². The molecule has 0 unspecified atom stereocenters. The van der Waals surface area contributed by atoms with E-state index >= 15 is 0 Å². The van der Waals surface area contributed by atoms with Gasteiger partial charge in [-0.25, -0.2) is 4.68 Å². The Morgan fingerprint density at radius 2 is 1.78 bits per heavy atom. The molecular formula is C19H19N5OS2. The standard InChI is InChI=1S/C19H19N5OS2/c1-13-8-10-16(11-9-13)17(25)20-18(26)23-24-14(2)21-22-19(24)27-12-15-6-4-3-5-7-15/h3-11H,12H2,1-2H3,(H2,20,23,25,26). The van der Waals surface area contributed by atoms with E-state index in [1.54, 1.807) is 16.8 Å². The van der Waals surface area contributed by atoms with Crippen LogP contribution in [0.1, 0.15) is 27.3 Å². The minimum Gasteiger partial charge on any atom is -0.298 e. The molecule has 27 heavy (non-hydrogen) atoms. The molecule has 0 aliphatic carbocycles. The van der Waals surface area contributed by atoms with Gasteiger partial charge in [0.15, 0.2) is 5.11 Å². The summed E-state index contributed by atoms with van der Waals surface area (Å²) in [7, 11) is 0. The monoisotopic (exact) mass is 397 g/mol. The smallest absolute Gasteiger partial charge is 0.257 e. The second kappa shape index (κ2) is 8.79. The molecule has 0 saturated heterocycles. The number of carbonyl (C=O) groups excluding carboxylic acids is 1. The molecule has 6 nitrogen and oxygen atoms in total. The van der Waals surface area contributed by atoms with E-state index in [-0.39, 0.29) is 11.0 Å². The molecule has 0 saturated carbocycles. The van der Waals surface area contributed by atoms with Crippen LogP contribution >= 0.6 is 24.0 Å². The number of rotatable bonds is 5. The van der Waals surface area contributed by atoms with Crippen molar-refractivity contribution in [2.75, 3.05) is 5.43 Å². The molecule has 0 bridgehead atoms. The van der Waals surface area contributed by atoms with E-state index in [9.17, 15) is 4.79 Å². The summed E-state index contributed by atoms with van der Waals surface area (Å²) in [6.45, 7) is 3.79. The van der Waals surface area contributed by atoms with Crippen molar-refractivity contribution in [1.29, 1.82) is 0 Å². The lowest BCUT2D eigenvalue weighted by molar-refractivity contribution is 0.0977. The summed E-state index contributed by atoms with van der Waals surface area (Å²) < 4.78 is 1.67. The summed E-state index contributed by atoms with van der Waals surface area (Å²) in [6.07, 6.45) is 0. The molecule has 1 heterocycles. The van der Waals surface area contributed by atoms with E-state index in [0.29, 0.717) is 16.5 Å². The van der Waals surface area contributed by atoms with Gasteiger partial charge in [0, 0.05) is 11.3 Å². The van der Waals surface area contributed by atoms with E-state index < -0.39 is 0 Å². The Kier molecular flexibility index (Phi) is 6.20. The highest BCUT2D eigenvalue weighted by molar-refractivity contribution is 7.98. The average molecular weight is 398 g/mol. The number of thiocarbonyl (C=S) groups is 1. The van der Waals surface area contributed by atoms with Crippen molar-refractivity contribution >= 4 is 35.0 Å². The molecule has 1 aromatic heterocycles. The van der Waals surface area contributed by atoms with E-state index in [4.69, 9.17) is 12.2 Å². The van der Waals surface area contributed by atoms with Crippen LogP contribution in [0.3, 0.4) is 0 Å². The van der Waals surface area contributed by atoms with E-state index in [0.717, 1.165) is 11.3 Å². The molecule has 0 aliphatic heterocycles. The summed E-state index contributed by atoms with van der Waals surface area (Å²) in [5.41, 5.74) is 5.80. The lowest BCUT2D eigenvalue weighted by Crippen LogP contribution is -2.38. The Bertz CT molecular complexity index is 938. The van der Waals surface area contributed by atoms with Crippen LogP contribution in [0, 0.1) is 13.8 Å². The van der Waals surface area contributed by atoms with Crippen LogP contribution in [0.5, 0.6) is 0 Å². The highest BCUT2D eigenvalue weighted by Gasteiger charge is 2.13. The van der Waals surface area contributed by atoms with E-state index in [1.165, 1.54) is 17.3 Å². The molecule has 138 valence electrons. The van der Waals surface area contributed by atoms with Crippen LogP contribution in [0.2, 0.25) is 0 Å². The zero-order valence-electron chi connectivity index (χ0n) is 15.0. The fraction of sp³-hybridized carbons (Fsp3) is 0.158. The molecule has 8 heteroatoms.